The van der Waals surface area contributed by atoms with E-state index >= 15 is 0 Å². The Hall–Kier alpha value is -1.66. The lowest BCUT2D eigenvalue weighted by Gasteiger charge is -2.15. The van der Waals surface area contributed by atoms with Crippen molar-refractivity contribution in [1.82, 2.24) is 4.98 Å². The second kappa shape index (κ2) is 6.19. The summed E-state index contributed by atoms with van der Waals surface area (Å²) >= 11 is 9.52. The summed E-state index contributed by atoms with van der Waals surface area (Å²) in [4.78, 5) is 3.98. The highest BCUT2D eigenvalue weighted by Crippen LogP contribution is 2.39. The number of nitrogen functional groups attached to an aromatic ring is 1. The van der Waals surface area contributed by atoms with Crippen molar-refractivity contribution in [3.8, 4) is 11.5 Å². The first-order valence-electron chi connectivity index (χ1n) is 5.64. The lowest BCUT2D eigenvalue weighted by Crippen LogP contribution is -2.00. The van der Waals surface area contributed by atoms with Crippen LogP contribution in [0.2, 0.25) is 5.02 Å². The molecule has 0 fully saturated rings. The Morgan fingerprint density at radius 2 is 1.90 bits per heavy atom. The fraction of sp³-hybridized carbons (Fsp3) is 0.154. The Bertz CT molecular complexity index is 617. The number of aromatic nitrogens is 1. The molecule has 3 N–H and O–H groups in total. The molecule has 5 nitrogen and oxygen atoms in total. The molecule has 0 aliphatic carbocycles. The molecule has 0 saturated carbocycles. The molecule has 7 heteroatoms. The summed E-state index contributed by atoms with van der Waals surface area (Å²) in [5.41, 5.74) is 7.78. The van der Waals surface area contributed by atoms with E-state index in [9.17, 15) is 0 Å². The molecule has 0 unspecified atom stereocenters. The van der Waals surface area contributed by atoms with Gasteiger partial charge in [-0.05, 0) is 22.0 Å². The summed E-state index contributed by atoms with van der Waals surface area (Å²) in [5, 5.41) is 3.65. The van der Waals surface area contributed by atoms with Crippen LogP contribution in [0.1, 0.15) is 0 Å². The molecule has 0 atom stereocenters. The zero-order chi connectivity index (χ0) is 14.7. The van der Waals surface area contributed by atoms with E-state index in [1.165, 1.54) is 0 Å². The van der Waals surface area contributed by atoms with Gasteiger partial charge in [-0.2, -0.15) is 0 Å². The summed E-state index contributed by atoms with van der Waals surface area (Å²) in [7, 11) is 3.12. The maximum absolute atomic E-state index is 6.13. The Labute approximate surface area is 130 Å². The van der Waals surface area contributed by atoms with Crippen LogP contribution in [0.15, 0.2) is 29.0 Å². The second-order valence-corrected chi connectivity index (χ2v) is 5.16. The number of nitrogens with zero attached hydrogens (tertiary/aromatic N) is 1. The van der Waals surface area contributed by atoms with Crippen molar-refractivity contribution in [1.29, 1.82) is 0 Å². The molecule has 1 heterocycles. The van der Waals surface area contributed by atoms with Crippen molar-refractivity contribution in [2.45, 2.75) is 0 Å². The normalized spacial score (nSPS) is 10.2. The number of pyridine rings is 1. The lowest BCUT2D eigenvalue weighted by molar-refractivity contribution is 0.396. The number of rotatable bonds is 4. The molecular weight excluding hydrogens is 346 g/mol. The van der Waals surface area contributed by atoms with E-state index in [1.54, 1.807) is 38.7 Å². The summed E-state index contributed by atoms with van der Waals surface area (Å²) in [6.07, 6.45) is 3.21. The average Bonchev–Trinajstić information content (AvgIpc) is 2.43. The average molecular weight is 359 g/mol. The first-order chi connectivity index (χ1) is 9.56. The fourth-order valence-electron chi connectivity index (χ4n) is 1.67. The Kier molecular flexibility index (Phi) is 4.57. The van der Waals surface area contributed by atoms with Crippen LogP contribution in [0.5, 0.6) is 11.5 Å². The monoisotopic (exact) mass is 357 g/mol. The molecule has 0 radical (unpaired) electrons. The summed E-state index contributed by atoms with van der Waals surface area (Å²) < 4.78 is 11.2. The van der Waals surface area contributed by atoms with E-state index in [1.807, 2.05) is 0 Å². The number of hydrogen-bond acceptors (Lipinski definition) is 5. The van der Waals surface area contributed by atoms with Crippen molar-refractivity contribution in [3.05, 3.63) is 34.0 Å². The predicted octanol–water partition coefficient (Wildman–Crippen LogP) is 3.84. The Morgan fingerprint density at radius 3 is 2.50 bits per heavy atom. The minimum atomic E-state index is 0.472. The van der Waals surface area contributed by atoms with E-state index in [2.05, 4.69) is 26.2 Å². The zero-order valence-corrected chi connectivity index (χ0v) is 13.2. The van der Waals surface area contributed by atoms with Crippen molar-refractivity contribution >= 4 is 44.6 Å². The van der Waals surface area contributed by atoms with Gasteiger partial charge in [0.1, 0.15) is 11.5 Å². The van der Waals surface area contributed by atoms with Crippen LogP contribution in [0.25, 0.3) is 0 Å². The minimum absolute atomic E-state index is 0.472. The van der Waals surface area contributed by atoms with Crippen molar-refractivity contribution in [3.63, 3.8) is 0 Å². The quantitative estimate of drug-likeness (QED) is 0.869. The molecule has 0 amide bonds. The van der Waals surface area contributed by atoms with E-state index < -0.39 is 0 Å². The van der Waals surface area contributed by atoms with Crippen LogP contribution in [0, 0.1) is 0 Å². The van der Waals surface area contributed by atoms with Crippen molar-refractivity contribution in [2.24, 2.45) is 0 Å². The molecular formula is C13H13BrClN3O2. The van der Waals surface area contributed by atoms with Crippen LogP contribution in [0.4, 0.5) is 17.1 Å². The SMILES string of the molecule is COc1cc(OC)c(Nc2c(N)cncc2Br)cc1Cl. The highest BCUT2D eigenvalue weighted by molar-refractivity contribution is 9.10. The number of ether oxygens (including phenoxy) is 2. The number of halogens is 2. The topological polar surface area (TPSA) is 69.4 Å². The van der Waals surface area contributed by atoms with Crippen LogP contribution in [0.3, 0.4) is 0 Å². The third kappa shape index (κ3) is 2.91. The molecule has 0 aliphatic heterocycles. The lowest BCUT2D eigenvalue weighted by atomic mass is 10.2. The van der Waals surface area contributed by atoms with Gasteiger partial charge in [0.15, 0.2) is 0 Å². The first kappa shape index (κ1) is 14.7. The van der Waals surface area contributed by atoms with Gasteiger partial charge in [-0.15, -0.1) is 0 Å². The number of anilines is 3. The fourth-order valence-corrected chi connectivity index (χ4v) is 2.36. The Balaban J connectivity index is 2.45. The number of nitrogens with one attached hydrogen (secondary N) is 1. The van der Waals surface area contributed by atoms with Gasteiger partial charge in [-0.25, -0.2) is 0 Å². The smallest absolute Gasteiger partial charge is 0.146 e. The first-order valence-corrected chi connectivity index (χ1v) is 6.81. The second-order valence-electron chi connectivity index (χ2n) is 3.90. The van der Waals surface area contributed by atoms with Crippen LogP contribution < -0.4 is 20.5 Å². The molecule has 0 spiro atoms. The van der Waals surface area contributed by atoms with E-state index in [0.29, 0.717) is 33.6 Å². The maximum atomic E-state index is 6.13. The molecule has 0 aliphatic rings. The maximum Gasteiger partial charge on any atom is 0.146 e. The van der Waals surface area contributed by atoms with E-state index in [4.69, 9.17) is 26.8 Å². The predicted molar refractivity (Wildman–Crippen MR) is 84.2 cm³/mol. The number of nitrogens with two attached hydrogens (primary N) is 1. The van der Waals surface area contributed by atoms with Gasteiger partial charge in [0, 0.05) is 12.3 Å². The highest BCUT2D eigenvalue weighted by Gasteiger charge is 2.12. The van der Waals surface area contributed by atoms with E-state index in [-0.39, 0.29) is 0 Å². The standard InChI is InChI=1S/C13H13BrClN3O2/c1-19-11-4-12(20-2)10(3-8(11)15)18-13-7(14)5-17-6-9(13)16/h3-6H,16H2,1-2H3,(H,17,18). The molecule has 1 aromatic carbocycles. The minimum Gasteiger partial charge on any atom is -0.495 e. The largest absolute Gasteiger partial charge is 0.495 e. The van der Waals surface area contributed by atoms with Crippen molar-refractivity contribution < 1.29 is 9.47 Å². The highest BCUT2D eigenvalue weighted by atomic mass is 79.9. The van der Waals surface area contributed by atoms with Gasteiger partial charge in [0.25, 0.3) is 0 Å². The molecule has 20 heavy (non-hydrogen) atoms. The van der Waals surface area contributed by atoms with Crippen LogP contribution in [-0.4, -0.2) is 19.2 Å². The van der Waals surface area contributed by atoms with Gasteiger partial charge in [-0.1, -0.05) is 11.6 Å². The van der Waals surface area contributed by atoms with Crippen molar-refractivity contribution in [2.75, 3.05) is 25.3 Å². The Morgan fingerprint density at radius 1 is 1.20 bits per heavy atom. The third-order valence-electron chi connectivity index (χ3n) is 2.66. The van der Waals surface area contributed by atoms with Gasteiger partial charge in [0.05, 0.1) is 47.0 Å². The molecule has 1 aromatic heterocycles. The molecule has 2 aromatic rings. The molecule has 0 bridgehead atoms. The third-order valence-corrected chi connectivity index (χ3v) is 3.56. The van der Waals surface area contributed by atoms with Crippen LogP contribution >= 0.6 is 27.5 Å². The van der Waals surface area contributed by atoms with Gasteiger partial charge < -0.3 is 20.5 Å². The molecule has 0 saturated heterocycles. The van der Waals surface area contributed by atoms with Crippen LogP contribution in [-0.2, 0) is 0 Å². The molecule has 2 rings (SSSR count). The van der Waals surface area contributed by atoms with Gasteiger partial charge in [0.2, 0.25) is 0 Å². The number of methoxy groups -OCH3 is 2. The summed E-state index contributed by atoms with van der Waals surface area (Å²) in [5.74, 6) is 1.13. The number of hydrogen-bond donors (Lipinski definition) is 2. The summed E-state index contributed by atoms with van der Waals surface area (Å²) in [6, 6.07) is 3.42. The van der Waals surface area contributed by atoms with Gasteiger partial charge >= 0.3 is 0 Å². The van der Waals surface area contributed by atoms with Gasteiger partial charge in [-0.3, -0.25) is 4.98 Å². The summed E-state index contributed by atoms with van der Waals surface area (Å²) in [6.45, 7) is 0. The zero-order valence-electron chi connectivity index (χ0n) is 10.9. The molecule has 106 valence electrons. The number of benzene rings is 1. The van der Waals surface area contributed by atoms with E-state index in [0.717, 1.165) is 4.47 Å².